The average molecular weight is 465 g/mol. The van der Waals surface area contributed by atoms with Crippen molar-refractivity contribution in [2.24, 2.45) is 0 Å². The van der Waals surface area contributed by atoms with E-state index in [1.54, 1.807) is 49.4 Å². The van der Waals surface area contributed by atoms with Crippen molar-refractivity contribution < 1.29 is 23.5 Å². The van der Waals surface area contributed by atoms with Gasteiger partial charge in [0.15, 0.2) is 0 Å². The molecule has 0 aromatic heterocycles. The van der Waals surface area contributed by atoms with E-state index < -0.39 is 5.97 Å². The van der Waals surface area contributed by atoms with Gasteiger partial charge in [0.1, 0.15) is 12.4 Å². The summed E-state index contributed by atoms with van der Waals surface area (Å²) in [5, 5.41) is 2.77. The van der Waals surface area contributed by atoms with Crippen LogP contribution in [-0.2, 0) is 16.1 Å². The molecule has 1 N–H and O–H groups in total. The van der Waals surface area contributed by atoms with Gasteiger partial charge in [-0.3, -0.25) is 14.5 Å². The topological polar surface area (TPSA) is 75.7 Å². The van der Waals surface area contributed by atoms with Crippen LogP contribution in [0.5, 0.6) is 0 Å². The van der Waals surface area contributed by atoms with Crippen LogP contribution >= 0.6 is 11.8 Å². The molecule has 1 aliphatic heterocycles. The molecule has 2 amide bonds. The first-order valence-electron chi connectivity index (χ1n) is 10.4. The van der Waals surface area contributed by atoms with Crippen LogP contribution in [0.15, 0.2) is 76.5 Å². The van der Waals surface area contributed by atoms with Crippen molar-refractivity contribution in [1.82, 2.24) is 5.32 Å². The number of benzene rings is 3. The van der Waals surface area contributed by atoms with Gasteiger partial charge in [-0.1, -0.05) is 36.0 Å². The third-order valence-corrected chi connectivity index (χ3v) is 6.19. The summed E-state index contributed by atoms with van der Waals surface area (Å²) < 4.78 is 18.2. The van der Waals surface area contributed by atoms with Crippen LogP contribution in [0.2, 0.25) is 0 Å². The molecule has 1 aliphatic rings. The molecule has 3 aromatic carbocycles. The smallest absolute Gasteiger partial charge is 0.338 e. The lowest BCUT2D eigenvalue weighted by Crippen LogP contribution is -2.40. The van der Waals surface area contributed by atoms with Crippen LogP contribution in [0, 0.1) is 5.82 Å². The van der Waals surface area contributed by atoms with Crippen LogP contribution in [0.1, 0.15) is 33.2 Å². The number of nitrogens with zero attached hydrogens (tertiary/aromatic N) is 1. The van der Waals surface area contributed by atoms with Crippen molar-refractivity contribution in [3.8, 4) is 0 Å². The summed E-state index contributed by atoms with van der Waals surface area (Å²) in [5.41, 5.74) is 1.97. The third kappa shape index (κ3) is 5.06. The van der Waals surface area contributed by atoms with E-state index in [9.17, 15) is 18.8 Å². The number of carbonyl (C=O) groups excluding carboxylic acids is 3. The average Bonchev–Trinajstić information content (AvgIpc) is 2.93. The number of hydrogen-bond acceptors (Lipinski definition) is 5. The second kappa shape index (κ2) is 9.87. The predicted octanol–water partition coefficient (Wildman–Crippen LogP) is 4.43. The summed E-state index contributed by atoms with van der Waals surface area (Å²) in [6.45, 7) is 1.90. The number of rotatable bonds is 6. The fourth-order valence-corrected chi connectivity index (χ4v) is 4.48. The quantitative estimate of drug-likeness (QED) is 0.547. The molecule has 168 valence electrons. The first-order valence-corrected chi connectivity index (χ1v) is 11.2. The number of carbonyl (C=O) groups is 3. The molecule has 3 aromatic rings. The minimum Gasteiger partial charge on any atom is -0.462 e. The number of fused-ring (bicyclic) bond motifs is 2. The molecule has 0 unspecified atom stereocenters. The van der Waals surface area contributed by atoms with Gasteiger partial charge < -0.3 is 10.1 Å². The molecule has 0 saturated carbocycles. The summed E-state index contributed by atoms with van der Waals surface area (Å²) in [6, 6.07) is 18.0. The lowest BCUT2D eigenvalue weighted by molar-refractivity contribution is -0.119. The summed E-state index contributed by atoms with van der Waals surface area (Å²) in [4.78, 5) is 41.4. The van der Waals surface area contributed by atoms with E-state index in [1.165, 1.54) is 28.8 Å². The number of anilines is 1. The maximum Gasteiger partial charge on any atom is 0.338 e. The Morgan fingerprint density at radius 1 is 1.03 bits per heavy atom. The fraction of sp³-hybridized carbons (Fsp3) is 0.160. The molecule has 33 heavy (non-hydrogen) atoms. The number of hydrogen-bond donors (Lipinski definition) is 1. The van der Waals surface area contributed by atoms with Gasteiger partial charge in [0.25, 0.3) is 5.91 Å². The van der Waals surface area contributed by atoms with Gasteiger partial charge in [-0.25, -0.2) is 9.18 Å². The first-order chi connectivity index (χ1) is 16.0. The third-order valence-electron chi connectivity index (χ3n) is 5.05. The molecular formula is C25H21FN2O4S. The van der Waals surface area contributed by atoms with E-state index in [4.69, 9.17) is 4.74 Å². The highest BCUT2D eigenvalue weighted by atomic mass is 32.2. The molecule has 1 heterocycles. The Bertz CT molecular complexity index is 1210. The Morgan fingerprint density at radius 3 is 2.55 bits per heavy atom. The van der Waals surface area contributed by atoms with Gasteiger partial charge in [0, 0.05) is 16.3 Å². The Labute approximate surface area is 194 Å². The molecule has 0 aliphatic carbocycles. The summed E-state index contributed by atoms with van der Waals surface area (Å²) >= 11 is 1.40. The summed E-state index contributed by atoms with van der Waals surface area (Å²) in [7, 11) is 0. The SMILES string of the molecule is CCOC(=O)c1ccc2c(c1)N(CC(=O)NCc1ccc(F)cc1)C(=O)c1ccccc1S2. The van der Waals surface area contributed by atoms with Crippen LogP contribution in [0.4, 0.5) is 10.1 Å². The van der Waals surface area contributed by atoms with E-state index in [-0.39, 0.29) is 37.3 Å². The summed E-state index contributed by atoms with van der Waals surface area (Å²) in [6.07, 6.45) is 0. The number of ether oxygens (including phenoxy) is 1. The van der Waals surface area contributed by atoms with Crippen LogP contribution in [0.3, 0.4) is 0 Å². The lowest BCUT2D eigenvalue weighted by Gasteiger charge is -2.23. The zero-order valence-electron chi connectivity index (χ0n) is 17.8. The van der Waals surface area contributed by atoms with Crippen LogP contribution in [0.25, 0.3) is 0 Å². The minimum absolute atomic E-state index is 0.197. The zero-order chi connectivity index (χ0) is 23.4. The largest absolute Gasteiger partial charge is 0.462 e. The van der Waals surface area contributed by atoms with Gasteiger partial charge >= 0.3 is 5.97 Å². The maximum absolute atomic E-state index is 13.4. The number of esters is 1. The van der Waals surface area contributed by atoms with Crippen molar-refractivity contribution >= 4 is 35.2 Å². The second-order valence-electron chi connectivity index (χ2n) is 7.30. The normalized spacial score (nSPS) is 12.4. The molecule has 6 nitrogen and oxygen atoms in total. The Hall–Kier alpha value is -3.65. The molecular weight excluding hydrogens is 443 g/mol. The van der Waals surface area contributed by atoms with E-state index >= 15 is 0 Å². The highest BCUT2D eigenvalue weighted by Crippen LogP contribution is 2.41. The van der Waals surface area contributed by atoms with Gasteiger partial charge in [-0.05, 0) is 55.0 Å². The maximum atomic E-state index is 13.4. The standard InChI is InChI=1S/C25H21FN2O4S/c1-2-32-25(31)17-9-12-22-20(13-17)28(24(30)19-5-3-4-6-21(19)33-22)15-23(29)27-14-16-7-10-18(26)11-8-16/h3-13H,2,14-15H2,1H3,(H,27,29). The van der Waals surface area contributed by atoms with Gasteiger partial charge in [0.2, 0.25) is 5.91 Å². The number of halogens is 1. The molecule has 0 atom stereocenters. The van der Waals surface area contributed by atoms with Crippen molar-refractivity contribution in [3.05, 3.63) is 89.2 Å². The van der Waals surface area contributed by atoms with Crippen LogP contribution < -0.4 is 10.2 Å². The lowest BCUT2D eigenvalue weighted by atomic mass is 10.1. The molecule has 0 saturated heterocycles. The van der Waals surface area contributed by atoms with E-state index in [2.05, 4.69) is 5.32 Å². The van der Waals surface area contributed by atoms with Gasteiger partial charge in [-0.15, -0.1) is 0 Å². The molecule has 0 radical (unpaired) electrons. The van der Waals surface area contributed by atoms with Gasteiger partial charge in [-0.2, -0.15) is 0 Å². The highest BCUT2D eigenvalue weighted by Gasteiger charge is 2.29. The predicted molar refractivity (Wildman–Crippen MR) is 123 cm³/mol. The minimum atomic E-state index is -0.500. The highest BCUT2D eigenvalue weighted by molar-refractivity contribution is 7.99. The van der Waals surface area contributed by atoms with E-state index in [1.807, 2.05) is 12.1 Å². The monoisotopic (exact) mass is 464 g/mol. The first kappa shape index (κ1) is 22.5. The Kier molecular flexibility index (Phi) is 6.74. The molecule has 8 heteroatoms. The fourth-order valence-electron chi connectivity index (χ4n) is 3.42. The van der Waals surface area contributed by atoms with Gasteiger partial charge in [0.05, 0.1) is 23.4 Å². The van der Waals surface area contributed by atoms with Crippen molar-refractivity contribution in [2.45, 2.75) is 23.3 Å². The zero-order valence-corrected chi connectivity index (χ0v) is 18.7. The van der Waals surface area contributed by atoms with Crippen LogP contribution in [-0.4, -0.2) is 30.9 Å². The molecule has 0 bridgehead atoms. The number of nitrogens with one attached hydrogen (secondary N) is 1. The molecule has 0 spiro atoms. The number of amides is 2. The molecule has 0 fully saturated rings. The van der Waals surface area contributed by atoms with Crippen molar-refractivity contribution in [3.63, 3.8) is 0 Å². The Morgan fingerprint density at radius 2 is 1.79 bits per heavy atom. The van der Waals surface area contributed by atoms with Crippen molar-refractivity contribution in [2.75, 3.05) is 18.1 Å². The second-order valence-corrected chi connectivity index (χ2v) is 8.38. The molecule has 4 rings (SSSR count). The summed E-state index contributed by atoms with van der Waals surface area (Å²) in [5.74, 6) is -1.58. The van der Waals surface area contributed by atoms with E-state index in [0.717, 1.165) is 15.4 Å². The van der Waals surface area contributed by atoms with E-state index in [0.29, 0.717) is 16.8 Å². The Balaban J connectivity index is 1.63. The van der Waals surface area contributed by atoms with Crippen molar-refractivity contribution in [1.29, 1.82) is 0 Å².